The van der Waals surface area contributed by atoms with E-state index >= 15 is 0 Å². The molecule has 0 radical (unpaired) electrons. The van der Waals surface area contributed by atoms with Gasteiger partial charge in [-0.2, -0.15) is 0 Å². The fraction of sp³-hybridized carbons (Fsp3) is 0. The number of aromatic amines is 1. The second-order valence-corrected chi connectivity index (χ2v) is 7.36. The molecular weight excluding hydrogens is 373 g/mol. The molecule has 3 aromatic rings. The van der Waals surface area contributed by atoms with Gasteiger partial charge in [0, 0.05) is 18.1 Å². The Labute approximate surface area is 147 Å². The number of halogens is 2. The highest BCUT2D eigenvalue weighted by Gasteiger charge is 2.15. The van der Waals surface area contributed by atoms with Gasteiger partial charge in [0.2, 0.25) is 0 Å². The topological polar surface area (TPSA) is 84.0 Å². The summed E-state index contributed by atoms with van der Waals surface area (Å²) in [6, 6.07) is 10.4. The lowest BCUT2D eigenvalue weighted by molar-refractivity contribution is 0.601. The van der Waals surface area contributed by atoms with Gasteiger partial charge < -0.3 is 4.98 Å². The maximum atomic E-state index is 12.4. The van der Waals surface area contributed by atoms with Crippen LogP contribution in [-0.2, 0) is 10.0 Å². The molecule has 6 nitrogen and oxygen atoms in total. The van der Waals surface area contributed by atoms with Gasteiger partial charge in [-0.3, -0.25) is 9.29 Å². The summed E-state index contributed by atoms with van der Waals surface area (Å²) in [4.78, 5) is 14.1. The zero-order valence-corrected chi connectivity index (χ0v) is 14.4. The first-order valence-corrected chi connectivity index (χ1v) is 8.95. The molecule has 0 saturated heterocycles. The Balaban J connectivity index is 1.86. The lowest BCUT2D eigenvalue weighted by Gasteiger charge is -2.09. The lowest BCUT2D eigenvalue weighted by Crippen LogP contribution is -2.15. The minimum Gasteiger partial charge on any atom is -0.312 e. The van der Waals surface area contributed by atoms with Crippen molar-refractivity contribution in [2.24, 2.45) is 0 Å². The van der Waals surface area contributed by atoms with E-state index in [4.69, 9.17) is 23.2 Å². The van der Waals surface area contributed by atoms with Crippen LogP contribution >= 0.6 is 23.2 Å². The van der Waals surface area contributed by atoms with Gasteiger partial charge in [0.1, 0.15) is 0 Å². The smallest absolute Gasteiger partial charge is 0.312 e. The van der Waals surface area contributed by atoms with Gasteiger partial charge in [-0.05, 0) is 42.5 Å². The minimum atomic E-state index is -3.80. The van der Waals surface area contributed by atoms with Crippen LogP contribution in [0.1, 0.15) is 0 Å². The lowest BCUT2D eigenvalue weighted by atomic mass is 10.3. The molecule has 0 amide bonds. The van der Waals surface area contributed by atoms with E-state index in [1.165, 1.54) is 29.0 Å². The Kier molecular flexibility index (Phi) is 4.40. The van der Waals surface area contributed by atoms with Crippen molar-refractivity contribution >= 4 is 38.9 Å². The molecular formula is C15H11Cl2N3O3S. The van der Waals surface area contributed by atoms with E-state index in [-0.39, 0.29) is 20.6 Å². The number of anilines is 1. The zero-order chi connectivity index (χ0) is 17.3. The van der Waals surface area contributed by atoms with E-state index in [0.717, 1.165) is 0 Å². The van der Waals surface area contributed by atoms with Crippen molar-refractivity contribution in [1.29, 1.82) is 0 Å². The monoisotopic (exact) mass is 383 g/mol. The van der Waals surface area contributed by atoms with E-state index in [9.17, 15) is 13.2 Å². The Bertz CT molecular complexity index is 1040. The zero-order valence-electron chi connectivity index (χ0n) is 12.0. The van der Waals surface area contributed by atoms with Gasteiger partial charge >= 0.3 is 5.69 Å². The van der Waals surface area contributed by atoms with Crippen LogP contribution in [0.25, 0.3) is 5.69 Å². The molecule has 0 saturated carbocycles. The van der Waals surface area contributed by atoms with Crippen molar-refractivity contribution < 1.29 is 8.42 Å². The largest absolute Gasteiger partial charge is 0.330 e. The number of hydrogen-bond donors (Lipinski definition) is 2. The Morgan fingerprint density at radius 1 is 1.00 bits per heavy atom. The third-order valence-corrected chi connectivity index (χ3v) is 5.37. The number of sulfonamides is 1. The SMILES string of the molecule is O=c1[nH]ccn1-c1ccc(NS(=O)(=O)c2ccc(Cl)c(Cl)c2)cc1. The van der Waals surface area contributed by atoms with E-state index in [2.05, 4.69) is 9.71 Å². The maximum absolute atomic E-state index is 12.4. The van der Waals surface area contributed by atoms with Crippen LogP contribution in [0.5, 0.6) is 0 Å². The van der Waals surface area contributed by atoms with E-state index in [1.807, 2.05) is 0 Å². The molecule has 1 heterocycles. The molecule has 9 heteroatoms. The van der Waals surface area contributed by atoms with Gasteiger partial charge in [-0.1, -0.05) is 23.2 Å². The number of H-pyrrole nitrogens is 1. The number of benzene rings is 2. The first-order chi connectivity index (χ1) is 11.4. The number of hydrogen-bond acceptors (Lipinski definition) is 3. The Morgan fingerprint density at radius 3 is 2.29 bits per heavy atom. The Hall–Kier alpha value is -2.22. The summed E-state index contributed by atoms with van der Waals surface area (Å²) in [5, 5.41) is 0.429. The molecule has 0 atom stereocenters. The second kappa shape index (κ2) is 6.35. The first-order valence-electron chi connectivity index (χ1n) is 6.71. The van der Waals surface area contributed by atoms with Crippen LogP contribution in [0.3, 0.4) is 0 Å². The normalized spacial score (nSPS) is 11.4. The van der Waals surface area contributed by atoms with Crippen LogP contribution in [0, 0.1) is 0 Å². The molecule has 0 aliphatic heterocycles. The number of aromatic nitrogens is 2. The highest BCUT2D eigenvalue weighted by Crippen LogP contribution is 2.26. The molecule has 3 rings (SSSR count). The molecule has 124 valence electrons. The van der Waals surface area contributed by atoms with E-state index in [0.29, 0.717) is 11.4 Å². The quantitative estimate of drug-likeness (QED) is 0.724. The summed E-state index contributed by atoms with van der Waals surface area (Å²) in [6.07, 6.45) is 3.10. The van der Waals surface area contributed by atoms with Gasteiger partial charge in [0.15, 0.2) is 0 Å². The van der Waals surface area contributed by atoms with Crippen molar-refractivity contribution in [3.8, 4) is 5.69 Å². The molecule has 0 unspecified atom stereocenters. The van der Waals surface area contributed by atoms with Gasteiger partial charge in [-0.25, -0.2) is 13.2 Å². The van der Waals surface area contributed by atoms with Crippen molar-refractivity contribution in [2.45, 2.75) is 4.90 Å². The van der Waals surface area contributed by atoms with Crippen LogP contribution in [-0.4, -0.2) is 18.0 Å². The number of nitrogens with one attached hydrogen (secondary N) is 2. The van der Waals surface area contributed by atoms with Gasteiger partial charge in [-0.15, -0.1) is 0 Å². The molecule has 0 aliphatic rings. The van der Waals surface area contributed by atoms with Crippen molar-refractivity contribution in [2.75, 3.05) is 4.72 Å². The summed E-state index contributed by atoms with van der Waals surface area (Å²) < 4.78 is 28.6. The summed E-state index contributed by atoms with van der Waals surface area (Å²) >= 11 is 11.6. The molecule has 0 bridgehead atoms. The maximum Gasteiger partial charge on any atom is 0.330 e. The number of nitrogens with zero attached hydrogens (tertiary/aromatic N) is 1. The molecule has 1 aromatic heterocycles. The highest BCUT2D eigenvalue weighted by atomic mass is 35.5. The third-order valence-electron chi connectivity index (χ3n) is 3.25. The average molecular weight is 384 g/mol. The van der Waals surface area contributed by atoms with E-state index < -0.39 is 10.0 Å². The molecule has 2 N–H and O–H groups in total. The minimum absolute atomic E-state index is 0.00262. The van der Waals surface area contributed by atoms with Crippen LogP contribution in [0.4, 0.5) is 5.69 Å². The average Bonchev–Trinajstić information content (AvgIpc) is 2.96. The molecule has 24 heavy (non-hydrogen) atoms. The van der Waals surface area contributed by atoms with Crippen molar-refractivity contribution in [3.05, 3.63) is 75.4 Å². The molecule has 0 fully saturated rings. The Morgan fingerprint density at radius 2 is 1.71 bits per heavy atom. The van der Waals surface area contributed by atoms with Gasteiger partial charge in [0.25, 0.3) is 10.0 Å². The number of rotatable bonds is 4. The second-order valence-electron chi connectivity index (χ2n) is 4.86. The van der Waals surface area contributed by atoms with Crippen LogP contribution in [0.2, 0.25) is 10.0 Å². The van der Waals surface area contributed by atoms with Crippen LogP contribution in [0.15, 0.2) is 64.5 Å². The highest BCUT2D eigenvalue weighted by molar-refractivity contribution is 7.92. The van der Waals surface area contributed by atoms with Crippen LogP contribution < -0.4 is 10.4 Å². The fourth-order valence-corrected chi connectivity index (χ4v) is 3.52. The number of imidazole rings is 1. The standard InChI is InChI=1S/C15H11Cl2N3O3S/c16-13-6-5-12(9-14(13)17)24(22,23)19-10-1-3-11(4-2-10)20-8-7-18-15(20)21/h1-9,19H,(H,18,21). The summed E-state index contributed by atoms with van der Waals surface area (Å²) in [7, 11) is -3.80. The predicted octanol–water partition coefficient (Wildman–Crippen LogP) is 3.27. The molecule has 0 spiro atoms. The third kappa shape index (κ3) is 3.33. The summed E-state index contributed by atoms with van der Waals surface area (Å²) in [5.41, 5.74) is 0.686. The first kappa shape index (κ1) is 16.6. The van der Waals surface area contributed by atoms with E-state index in [1.54, 1.807) is 30.5 Å². The summed E-state index contributed by atoms with van der Waals surface area (Å²) in [5.74, 6) is 0. The van der Waals surface area contributed by atoms with Crippen molar-refractivity contribution in [3.63, 3.8) is 0 Å². The summed E-state index contributed by atoms with van der Waals surface area (Å²) in [6.45, 7) is 0. The fourth-order valence-electron chi connectivity index (χ4n) is 2.07. The van der Waals surface area contributed by atoms with Crippen molar-refractivity contribution in [1.82, 2.24) is 9.55 Å². The van der Waals surface area contributed by atoms with Gasteiger partial charge in [0.05, 0.1) is 20.6 Å². The molecule has 0 aliphatic carbocycles. The predicted molar refractivity (Wildman–Crippen MR) is 93.7 cm³/mol. The molecule has 2 aromatic carbocycles.